The Labute approximate surface area is 168 Å². The third-order valence-electron chi connectivity index (χ3n) is 4.75. The van der Waals surface area contributed by atoms with Gasteiger partial charge in [0.15, 0.2) is 0 Å². The second-order valence-electron chi connectivity index (χ2n) is 6.46. The summed E-state index contributed by atoms with van der Waals surface area (Å²) >= 11 is 0. The molecule has 4 aromatic rings. The molecule has 0 fully saturated rings. The van der Waals surface area contributed by atoms with E-state index in [9.17, 15) is 0 Å². The summed E-state index contributed by atoms with van der Waals surface area (Å²) in [5.41, 5.74) is 2.58. The minimum atomic E-state index is 0.711. The fourth-order valence-corrected chi connectivity index (χ4v) is 3.17. The first-order valence-corrected chi connectivity index (χ1v) is 9.24. The molecule has 4 rings (SSSR count). The van der Waals surface area contributed by atoms with E-state index < -0.39 is 0 Å². The van der Waals surface area contributed by atoms with Crippen molar-refractivity contribution in [2.45, 2.75) is 13.0 Å². The fraction of sp³-hybridized carbons (Fsp3) is 0.250. The maximum Gasteiger partial charge on any atom is 0.148 e. The molecule has 0 amide bonds. The molecule has 29 heavy (non-hydrogen) atoms. The van der Waals surface area contributed by atoms with Crippen LogP contribution in [-0.4, -0.2) is 48.7 Å². The number of anilines is 1. The molecular formula is C20H22N8O. The lowest BCUT2D eigenvalue weighted by Gasteiger charge is -2.12. The number of ether oxygens (including phenoxy) is 1. The van der Waals surface area contributed by atoms with E-state index in [1.165, 1.54) is 0 Å². The highest BCUT2D eigenvalue weighted by Crippen LogP contribution is 2.33. The molecule has 0 bridgehead atoms. The lowest BCUT2D eigenvalue weighted by atomic mass is 10.1. The Bertz CT molecular complexity index is 1100. The number of hydrogen-bond acceptors (Lipinski definition) is 7. The van der Waals surface area contributed by atoms with Crippen LogP contribution in [0.15, 0.2) is 49.1 Å². The Morgan fingerprint density at radius 2 is 2.00 bits per heavy atom. The van der Waals surface area contributed by atoms with Gasteiger partial charge in [-0.2, -0.15) is 5.10 Å². The SMILES string of the molecule is CNc1ccc(-c2cc(-c3nccn3CCc3ncnn3C)ccc2OC)nn1. The predicted octanol–water partition coefficient (Wildman–Crippen LogP) is 2.43. The number of nitrogens with one attached hydrogen (secondary N) is 1. The van der Waals surface area contributed by atoms with Gasteiger partial charge in [-0.05, 0) is 30.3 Å². The standard InChI is InChI=1S/C20H22N8O/c1-21-18-7-5-16(25-26-18)15-12-14(4-6-17(15)29-3)20-22-9-11-28(20)10-8-19-23-13-24-27(19)2/h4-7,9,11-13H,8,10H2,1-3H3,(H,21,26). The molecule has 0 aliphatic carbocycles. The molecule has 0 unspecified atom stereocenters. The van der Waals surface area contributed by atoms with E-state index in [-0.39, 0.29) is 0 Å². The molecule has 0 aliphatic rings. The van der Waals surface area contributed by atoms with Crippen LogP contribution in [0.25, 0.3) is 22.6 Å². The lowest BCUT2D eigenvalue weighted by Crippen LogP contribution is -2.07. The largest absolute Gasteiger partial charge is 0.496 e. The van der Waals surface area contributed by atoms with Crippen molar-refractivity contribution in [1.29, 1.82) is 0 Å². The van der Waals surface area contributed by atoms with Gasteiger partial charge in [0.2, 0.25) is 0 Å². The lowest BCUT2D eigenvalue weighted by molar-refractivity contribution is 0.416. The highest BCUT2D eigenvalue weighted by Gasteiger charge is 2.13. The molecule has 148 valence electrons. The molecule has 9 nitrogen and oxygen atoms in total. The third-order valence-corrected chi connectivity index (χ3v) is 4.75. The minimum Gasteiger partial charge on any atom is -0.496 e. The summed E-state index contributed by atoms with van der Waals surface area (Å²) in [4.78, 5) is 8.85. The fourth-order valence-electron chi connectivity index (χ4n) is 3.17. The van der Waals surface area contributed by atoms with E-state index in [1.54, 1.807) is 24.3 Å². The highest BCUT2D eigenvalue weighted by atomic mass is 16.5. The molecule has 0 radical (unpaired) electrons. The van der Waals surface area contributed by atoms with E-state index in [0.717, 1.165) is 47.2 Å². The minimum absolute atomic E-state index is 0.711. The van der Waals surface area contributed by atoms with Crippen molar-refractivity contribution >= 4 is 5.82 Å². The summed E-state index contributed by atoms with van der Waals surface area (Å²) in [5, 5.41) is 15.6. The summed E-state index contributed by atoms with van der Waals surface area (Å²) in [6.07, 6.45) is 6.11. The Morgan fingerprint density at radius 1 is 1.10 bits per heavy atom. The second kappa shape index (κ2) is 8.09. The average Bonchev–Trinajstić information content (AvgIpc) is 3.40. The van der Waals surface area contributed by atoms with Crippen LogP contribution in [-0.2, 0) is 20.0 Å². The zero-order valence-electron chi connectivity index (χ0n) is 16.6. The van der Waals surface area contributed by atoms with Gasteiger partial charge in [-0.15, -0.1) is 10.2 Å². The molecule has 9 heteroatoms. The Kier molecular flexibility index (Phi) is 5.19. The first-order valence-electron chi connectivity index (χ1n) is 9.24. The average molecular weight is 390 g/mol. The molecule has 0 saturated carbocycles. The van der Waals surface area contributed by atoms with Crippen LogP contribution in [0.5, 0.6) is 5.75 Å². The maximum absolute atomic E-state index is 5.54. The van der Waals surface area contributed by atoms with Gasteiger partial charge in [-0.25, -0.2) is 9.97 Å². The van der Waals surface area contributed by atoms with Crippen LogP contribution < -0.4 is 10.1 Å². The van der Waals surface area contributed by atoms with Crippen molar-refractivity contribution in [2.24, 2.45) is 7.05 Å². The maximum atomic E-state index is 5.54. The van der Waals surface area contributed by atoms with Crippen LogP contribution >= 0.6 is 0 Å². The van der Waals surface area contributed by atoms with Crippen molar-refractivity contribution in [1.82, 2.24) is 34.5 Å². The van der Waals surface area contributed by atoms with Crippen molar-refractivity contribution in [3.63, 3.8) is 0 Å². The smallest absolute Gasteiger partial charge is 0.148 e. The highest BCUT2D eigenvalue weighted by molar-refractivity contribution is 5.74. The molecule has 0 saturated heterocycles. The summed E-state index contributed by atoms with van der Waals surface area (Å²) < 4.78 is 9.43. The molecule has 0 atom stereocenters. The molecule has 0 aliphatic heterocycles. The third kappa shape index (κ3) is 3.79. The Balaban J connectivity index is 1.65. The van der Waals surface area contributed by atoms with Crippen LogP contribution in [0, 0.1) is 0 Å². The van der Waals surface area contributed by atoms with E-state index in [4.69, 9.17) is 4.74 Å². The van der Waals surface area contributed by atoms with Crippen molar-refractivity contribution in [2.75, 3.05) is 19.5 Å². The summed E-state index contributed by atoms with van der Waals surface area (Å²) in [6, 6.07) is 9.76. The first kappa shape index (κ1) is 18.6. The number of imidazole rings is 1. The van der Waals surface area contributed by atoms with E-state index in [2.05, 4.69) is 35.1 Å². The van der Waals surface area contributed by atoms with Gasteiger partial charge in [0.25, 0.3) is 0 Å². The van der Waals surface area contributed by atoms with E-state index in [0.29, 0.717) is 5.82 Å². The Hall–Kier alpha value is -3.75. The summed E-state index contributed by atoms with van der Waals surface area (Å²) in [7, 11) is 5.36. The number of rotatable bonds is 7. The van der Waals surface area contributed by atoms with Crippen LogP contribution in [0.2, 0.25) is 0 Å². The van der Waals surface area contributed by atoms with Gasteiger partial charge in [0.05, 0.1) is 12.8 Å². The van der Waals surface area contributed by atoms with Gasteiger partial charge in [0.1, 0.15) is 29.5 Å². The van der Waals surface area contributed by atoms with E-state index in [1.807, 2.05) is 50.6 Å². The van der Waals surface area contributed by atoms with Crippen LogP contribution in [0.3, 0.4) is 0 Å². The first-order chi connectivity index (χ1) is 14.2. The zero-order chi connectivity index (χ0) is 20.2. The van der Waals surface area contributed by atoms with Gasteiger partial charge in [0, 0.05) is 50.6 Å². The van der Waals surface area contributed by atoms with Gasteiger partial charge in [-0.3, -0.25) is 4.68 Å². The predicted molar refractivity (Wildman–Crippen MR) is 109 cm³/mol. The molecule has 1 aromatic carbocycles. The zero-order valence-corrected chi connectivity index (χ0v) is 16.6. The summed E-state index contributed by atoms with van der Waals surface area (Å²) in [6.45, 7) is 0.750. The van der Waals surface area contributed by atoms with Gasteiger partial charge >= 0.3 is 0 Å². The summed E-state index contributed by atoms with van der Waals surface area (Å²) in [5.74, 6) is 3.25. The molecule has 0 spiro atoms. The topological polar surface area (TPSA) is 95.6 Å². The number of methoxy groups -OCH3 is 1. The number of hydrogen-bond donors (Lipinski definition) is 1. The number of benzene rings is 1. The van der Waals surface area contributed by atoms with E-state index >= 15 is 0 Å². The second-order valence-corrected chi connectivity index (χ2v) is 6.46. The van der Waals surface area contributed by atoms with Crippen molar-refractivity contribution in [3.8, 4) is 28.4 Å². The van der Waals surface area contributed by atoms with Gasteiger partial charge < -0.3 is 14.6 Å². The number of aromatic nitrogens is 7. The molecular weight excluding hydrogens is 368 g/mol. The van der Waals surface area contributed by atoms with Crippen LogP contribution in [0.4, 0.5) is 5.82 Å². The molecule has 3 heterocycles. The molecule has 1 N–H and O–H groups in total. The molecule has 3 aromatic heterocycles. The monoisotopic (exact) mass is 390 g/mol. The number of aryl methyl sites for hydroxylation is 3. The Morgan fingerprint density at radius 3 is 2.69 bits per heavy atom. The quantitative estimate of drug-likeness (QED) is 0.518. The normalized spacial score (nSPS) is 10.9. The van der Waals surface area contributed by atoms with Crippen LogP contribution in [0.1, 0.15) is 5.82 Å². The van der Waals surface area contributed by atoms with Crippen molar-refractivity contribution in [3.05, 3.63) is 54.9 Å². The van der Waals surface area contributed by atoms with Gasteiger partial charge in [-0.1, -0.05) is 0 Å². The number of nitrogens with zero attached hydrogens (tertiary/aromatic N) is 7. The van der Waals surface area contributed by atoms with Crippen molar-refractivity contribution < 1.29 is 4.74 Å².